The molecule has 0 atom stereocenters. The molecule has 0 saturated heterocycles. The second-order valence-corrected chi connectivity index (χ2v) is 5.37. The van der Waals surface area contributed by atoms with Crippen LogP contribution < -0.4 is 20.7 Å². The molecule has 1 amide bonds. The van der Waals surface area contributed by atoms with Crippen molar-refractivity contribution in [3.05, 3.63) is 23.8 Å². The maximum absolute atomic E-state index is 12.2. The summed E-state index contributed by atoms with van der Waals surface area (Å²) in [5.74, 6) is 0.686. The van der Waals surface area contributed by atoms with Crippen LogP contribution in [0.4, 0.5) is 5.69 Å². The van der Waals surface area contributed by atoms with Crippen LogP contribution in [0.1, 0.15) is 19.4 Å². The third-order valence-corrected chi connectivity index (χ3v) is 3.35. The van der Waals surface area contributed by atoms with Gasteiger partial charge in [-0.05, 0) is 38.6 Å². The molecule has 0 spiro atoms. The average Bonchev–Trinajstić information content (AvgIpc) is 2.38. The van der Waals surface area contributed by atoms with Gasteiger partial charge in [0.05, 0.1) is 11.2 Å². The van der Waals surface area contributed by atoms with Gasteiger partial charge in [-0.15, -0.1) is 0 Å². The number of fused-ring (bicyclic) bond motifs is 1. The number of amides is 1. The third-order valence-electron chi connectivity index (χ3n) is 3.35. The topological polar surface area (TPSA) is 67.6 Å². The van der Waals surface area contributed by atoms with Gasteiger partial charge in [-0.3, -0.25) is 9.69 Å². The Kier molecular flexibility index (Phi) is 3.78. The highest BCUT2D eigenvalue weighted by Crippen LogP contribution is 2.36. The molecule has 3 N–H and O–H groups in total. The van der Waals surface area contributed by atoms with E-state index in [-0.39, 0.29) is 12.5 Å². The Balaban J connectivity index is 2.47. The fourth-order valence-corrected chi connectivity index (χ4v) is 2.27. The van der Waals surface area contributed by atoms with E-state index in [4.69, 9.17) is 10.5 Å². The first-order valence-electron chi connectivity index (χ1n) is 6.43. The van der Waals surface area contributed by atoms with E-state index in [1.165, 1.54) is 0 Å². The maximum atomic E-state index is 12.2. The largest absolute Gasteiger partial charge is 0.482 e. The number of rotatable bonds is 4. The Morgan fingerprint density at radius 1 is 1.47 bits per heavy atom. The molecule has 0 aromatic heterocycles. The number of nitrogens with one attached hydrogen (secondary N) is 1. The molecule has 0 unspecified atom stereocenters. The van der Waals surface area contributed by atoms with Crippen LogP contribution in [0.25, 0.3) is 0 Å². The molecule has 2 rings (SSSR count). The van der Waals surface area contributed by atoms with Crippen molar-refractivity contribution in [2.45, 2.75) is 25.9 Å². The molecule has 0 saturated carbocycles. The van der Waals surface area contributed by atoms with Crippen molar-refractivity contribution in [2.24, 2.45) is 5.73 Å². The van der Waals surface area contributed by atoms with E-state index < -0.39 is 5.54 Å². The minimum Gasteiger partial charge on any atom is -0.482 e. The van der Waals surface area contributed by atoms with Crippen molar-refractivity contribution in [3.63, 3.8) is 0 Å². The molecule has 0 fully saturated rings. The van der Waals surface area contributed by atoms with Crippen molar-refractivity contribution < 1.29 is 9.53 Å². The highest BCUT2D eigenvalue weighted by atomic mass is 16.5. The molecule has 1 aliphatic heterocycles. The van der Waals surface area contributed by atoms with Crippen LogP contribution in [0.5, 0.6) is 5.75 Å². The SMILES string of the molecule is CNCc1ccc2c(c1)N(C(C)(C)CN)C(=O)CO2. The summed E-state index contributed by atoms with van der Waals surface area (Å²) in [5.41, 5.74) is 7.30. The summed E-state index contributed by atoms with van der Waals surface area (Å²) in [6.45, 7) is 5.14. The van der Waals surface area contributed by atoms with Crippen LogP contribution >= 0.6 is 0 Å². The molecule has 104 valence electrons. The molecule has 1 aliphatic rings. The van der Waals surface area contributed by atoms with Crippen molar-refractivity contribution in [1.29, 1.82) is 0 Å². The van der Waals surface area contributed by atoms with E-state index in [1.54, 1.807) is 4.90 Å². The zero-order valence-electron chi connectivity index (χ0n) is 11.7. The van der Waals surface area contributed by atoms with Gasteiger partial charge in [0, 0.05) is 13.1 Å². The van der Waals surface area contributed by atoms with Gasteiger partial charge < -0.3 is 15.8 Å². The lowest BCUT2D eigenvalue weighted by Crippen LogP contribution is -2.55. The lowest BCUT2D eigenvalue weighted by atomic mass is 10.00. The summed E-state index contributed by atoms with van der Waals surface area (Å²) in [4.78, 5) is 13.9. The molecule has 1 aromatic rings. The monoisotopic (exact) mass is 263 g/mol. The predicted molar refractivity (Wildman–Crippen MR) is 75.3 cm³/mol. The van der Waals surface area contributed by atoms with Crippen molar-refractivity contribution >= 4 is 11.6 Å². The standard InChI is InChI=1S/C14H21N3O2/c1-14(2,9-15)17-11-6-10(7-16-3)4-5-12(11)19-8-13(17)18/h4-6,16H,7-9,15H2,1-3H3. The lowest BCUT2D eigenvalue weighted by Gasteiger charge is -2.41. The van der Waals surface area contributed by atoms with Gasteiger partial charge in [0.1, 0.15) is 5.75 Å². The van der Waals surface area contributed by atoms with Gasteiger partial charge in [0.15, 0.2) is 6.61 Å². The van der Waals surface area contributed by atoms with E-state index in [1.807, 2.05) is 39.1 Å². The molecule has 0 bridgehead atoms. The number of anilines is 1. The Bertz CT molecular complexity index is 486. The van der Waals surface area contributed by atoms with Crippen LogP contribution in [0.15, 0.2) is 18.2 Å². The summed E-state index contributed by atoms with van der Waals surface area (Å²) in [6, 6.07) is 5.90. The smallest absolute Gasteiger partial charge is 0.265 e. The lowest BCUT2D eigenvalue weighted by molar-refractivity contribution is -0.122. The van der Waals surface area contributed by atoms with Gasteiger partial charge >= 0.3 is 0 Å². The first kappa shape index (κ1) is 13.8. The highest BCUT2D eigenvalue weighted by molar-refractivity contribution is 5.99. The normalized spacial score (nSPS) is 15.2. The number of carbonyl (C=O) groups excluding carboxylic acids is 1. The molecular formula is C14H21N3O2. The number of nitrogens with two attached hydrogens (primary N) is 1. The average molecular weight is 263 g/mol. The van der Waals surface area contributed by atoms with E-state index in [0.717, 1.165) is 23.5 Å². The van der Waals surface area contributed by atoms with Crippen LogP contribution in [0.2, 0.25) is 0 Å². The highest BCUT2D eigenvalue weighted by Gasteiger charge is 2.36. The van der Waals surface area contributed by atoms with Gasteiger partial charge in [0.2, 0.25) is 0 Å². The molecule has 1 aromatic carbocycles. The van der Waals surface area contributed by atoms with Gasteiger partial charge in [-0.2, -0.15) is 0 Å². The predicted octanol–water partition coefficient (Wildman–Crippen LogP) is 0.869. The van der Waals surface area contributed by atoms with E-state index in [2.05, 4.69) is 5.32 Å². The molecule has 5 heteroatoms. The zero-order valence-corrected chi connectivity index (χ0v) is 11.7. The summed E-state index contributed by atoms with van der Waals surface area (Å²) >= 11 is 0. The molecule has 0 aliphatic carbocycles. The number of hydrogen-bond donors (Lipinski definition) is 2. The van der Waals surface area contributed by atoms with E-state index >= 15 is 0 Å². The Morgan fingerprint density at radius 3 is 2.84 bits per heavy atom. The number of hydrogen-bond acceptors (Lipinski definition) is 4. The Morgan fingerprint density at radius 2 is 2.21 bits per heavy atom. The molecule has 1 heterocycles. The maximum Gasteiger partial charge on any atom is 0.265 e. The second-order valence-electron chi connectivity index (χ2n) is 5.37. The second kappa shape index (κ2) is 5.19. The van der Waals surface area contributed by atoms with Crippen molar-refractivity contribution in [1.82, 2.24) is 5.32 Å². The van der Waals surface area contributed by atoms with Gasteiger partial charge in [0.25, 0.3) is 5.91 Å². The Labute approximate surface area is 113 Å². The minimum atomic E-state index is -0.423. The fourth-order valence-electron chi connectivity index (χ4n) is 2.27. The third kappa shape index (κ3) is 2.57. The van der Waals surface area contributed by atoms with E-state index in [9.17, 15) is 4.79 Å². The van der Waals surface area contributed by atoms with Gasteiger partial charge in [-0.25, -0.2) is 0 Å². The number of carbonyl (C=O) groups is 1. The summed E-state index contributed by atoms with van der Waals surface area (Å²) < 4.78 is 5.49. The molecule has 0 radical (unpaired) electrons. The zero-order chi connectivity index (χ0) is 14.0. The quantitative estimate of drug-likeness (QED) is 0.846. The minimum absolute atomic E-state index is 0.0513. The van der Waals surface area contributed by atoms with Crippen LogP contribution in [-0.4, -0.2) is 31.6 Å². The van der Waals surface area contributed by atoms with Gasteiger partial charge in [-0.1, -0.05) is 6.07 Å². The molecule has 5 nitrogen and oxygen atoms in total. The van der Waals surface area contributed by atoms with Crippen molar-refractivity contribution in [3.8, 4) is 5.75 Å². The molecular weight excluding hydrogens is 242 g/mol. The summed E-state index contributed by atoms with van der Waals surface area (Å²) in [7, 11) is 1.89. The van der Waals surface area contributed by atoms with Crippen LogP contribution in [0.3, 0.4) is 0 Å². The van der Waals surface area contributed by atoms with Crippen molar-refractivity contribution in [2.75, 3.05) is 25.1 Å². The molecule has 19 heavy (non-hydrogen) atoms. The van der Waals surface area contributed by atoms with Crippen LogP contribution in [0, 0.1) is 0 Å². The number of nitrogens with zero attached hydrogens (tertiary/aromatic N) is 1. The first-order chi connectivity index (χ1) is 8.99. The fraction of sp³-hybridized carbons (Fsp3) is 0.500. The number of ether oxygens (including phenoxy) is 1. The van der Waals surface area contributed by atoms with E-state index in [0.29, 0.717) is 6.54 Å². The Hall–Kier alpha value is -1.59. The summed E-state index contributed by atoms with van der Waals surface area (Å²) in [6.07, 6.45) is 0. The number of benzene rings is 1. The first-order valence-corrected chi connectivity index (χ1v) is 6.43. The van der Waals surface area contributed by atoms with Crippen LogP contribution in [-0.2, 0) is 11.3 Å². The summed E-state index contributed by atoms with van der Waals surface area (Å²) in [5, 5.41) is 3.10.